The van der Waals surface area contributed by atoms with Crippen LogP contribution in [-0.2, 0) is 0 Å². The molecule has 1 aromatic carbocycles. The number of rotatable bonds is 2. The van der Waals surface area contributed by atoms with Crippen LogP contribution in [0.1, 0.15) is 21.7 Å². The van der Waals surface area contributed by atoms with Crippen molar-refractivity contribution in [1.82, 2.24) is 4.57 Å². The highest BCUT2D eigenvalue weighted by atomic mass is 35.5. The zero-order chi connectivity index (χ0) is 13.4. The van der Waals surface area contributed by atoms with Crippen molar-refractivity contribution in [2.75, 3.05) is 0 Å². The summed E-state index contributed by atoms with van der Waals surface area (Å²) in [5.74, 6) is -0.961. The monoisotopic (exact) mass is 283 g/mol. The molecule has 0 atom stereocenters. The second-order valence-electron chi connectivity index (χ2n) is 4.00. The molecule has 3 nitrogen and oxygen atoms in total. The topological polar surface area (TPSA) is 42.2 Å². The molecular weight excluding hydrogens is 273 g/mol. The summed E-state index contributed by atoms with van der Waals surface area (Å²) in [7, 11) is 0. The normalized spacial score (nSPS) is 10.7. The first-order valence-electron chi connectivity index (χ1n) is 5.30. The van der Waals surface area contributed by atoms with Crippen LogP contribution in [0.4, 0.5) is 0 Å². The van der Waals surface area contributed by atoms with E-state index < -0.39 is 5.97 Å². The highest BCUT2D eigenvalue weighted by Crippen LogP contribution is 2.32. The number of carbonyl (C=O) groups is 1. The van der Waals surface area contributed by atoms with E-state index in [1.54, 1.807) is 35.8 Å². The van der Waals surface area contributed by atoms with Gasteiger partial charge in [-0.25, -0.2) is 4.79 Å². The van der Waals surface area contributed by atoms with E-state index >= 15 is 0 Å². The van der Waals surface area contributed by atoms with E-state index in [4.69, 9.17) is 28.3 Å². The van der Waals surface area contributed by atoms with E-state index in [1.807, 2.05) is 6.92 Å². The van der Waals surface area contributed by atoms with Crippen LogP contribution in [0.3, 0.4) is 0 Å². The molecule has 0 aliphatic carbocycles. The molecule has 0 saturated heterocycles. The molecule has 1 N–H and O–H groups in total. The molecule has 0 fully saturated rings. The average Bonchev–Trinajstić information content (AvgIpc) is 2.56. The van der Waals surface area contributed by atoms with Crippen LogP contribution in [0.5, 0.6) is 0 Å². The Balaban J connectivity index is 2.76. The lowest BCUT2D eigenvalue weighted by Crippen LogP contribution is -2.03. The van der Waals surface area contributed by atoms with Gasteiger partial charge in [0.2, 0.25) is 0 Å². The molecule has 1 aromatic heterocycles. The average molecular weight is 284 g/mol. The zero-order valence-corrected chi connectivity index (χ0v) is 11.4. The van der Waals surface area contributed by atoms with Gasteiger partial charge in [0.05, 0.1) is 21.3 Å². The quantitative estimate of drug-likeness (QED) is 0.902. The van der Waals surface area contributed by atoms with E-state index in [-0.39, 0.29) is 5.56 Å². The molecule has 5 heteroatoms. The van der Waals surface area contributed by atoms with Crippen LogP contribution in [0.15, 0.2) is 24.3 Å². The molecule has 0 bridgehead atoms. The molecule has 2 aromatic rings. The largest absolute Gasteiger partial charge is 0.478 e. The minimum atomic E-state index is -0.961. The van der Waals surface area contributed by atoms with Gasteiger partial charge < -0.3 is 9.67 Å². The molecule has 0 saturated carbocycles. The molecule has 0 unspecified atom stereocenters. The van der Waals surface area contributed by atoms with Gasteiger partial charge in [-0.15, -0.1) is 0 Å². The van der Waals surface area contributed by atoms with Crippen LogP contribution in [0.2, 0.25) is 10.0 Å². The van der Waals surface area contributed by atoms with E-state index in [0.717, 1.165) is 5.69 Å². The third-order valence-corrected chi connectivity index (χ3v) is 3.43. The number of aryl methyl sites for hydroxylation is 1. The van der Waals surface area contributed by atoms with Crippen LogP contribution in [0, 0.1) is 13.8 Å². The lowest BCUT2D eigenvalue weighted by Gasteiger charge is -2.13. The van der Waals surface area contributed by atoms with Gasteiger partial charge in [-0.1, -0.05) is 29.3 Å². The summed E-state index contributed by atoms with van der Waals surface area (Å²) in [5, 5.41) is 10.1. The van der Waals surface area contributed by atoms with Crippen molar-refractivity contribution in [3.63, 3.8) is 0 Å². The lowest BCUT2D eigenvalue weighted by molar-refractivity contribution is 0.0696. The maximum absolute atomic E-state index is 11.1. The van der Waals surface area contributed by atoms with Gasteiger partial charge in [-0.3, -0.25) is 0 Å². The summed E-state index contributed by atoms with van der Waals surface area (Å²) in [6.45, 7) is 3.55. The predicted octanol–water partition coefficient (Wildman–Crippen LogP) is 4.10. The number of benzene rings is 1. The first-order valence-corrected chi connectivity index (χ1v) is 6.05. The molecule has 2 rings (SSSR count). The van der Waals surface area contributed by atoms with Gasteiger partial charge in [0.15, 0.2) is 0 Å². The van der Waals surface area contributed by atoms with Gasteiger partial charge in [-0.05, 0) is 32.0 Å². The number of halogens is 2. The number of hydrogen-bond acceptors (Lipinski definition) is 1. The lowest BCUT2D eigenvalue weighted by atomic mass is 10.2. The second-order valence-corrected chi connectivity index (χ2v) is 4.81. The third-order valence-electron chi connectivity index (χ3n) is 2.82. The van der Waals surface area contributed by atoms with Gasteiger partial charge >= 0.3 is 5.97 Å². The van der Waals surface area contributed by atoms with Crippen LogP contribution in [-0.4, -0.2) is 15.6 Å². The molecule has 94 valence electrons. The number of carboxylic acid groups (broad SMARTS) is 1. The van der Waals surface area contributed by atoms with Crippen molar-refractivity contribution in [3.05, 3.63) is 51.3 Å². The Kier molecular flexibility index (Phi) is 3.37. The van der Waals surface area contributed by atoms with Crippen molar-refractivity contribution < 1.29 is 9.90 Å². The minimum absolute atomic E-state index is 0.253. The highest BCUT2D eigenvalue weighted by Gasteiger charge is 2.18. The molecule has 1 heterocycles. The van der Waals surface area contributed by atoms with E-state index in [0.29, 0.717) is 21.4 Å². The SMILES string of the molecule is Cc1cc(C(=O)O)c(C)n1-c1c(Cl)cccc1Cl. The second kappa shape index (κ2) is 4.67. The van der Waals surface area contributed by atoms with Crippen molar-refractivity contribution in [2.45, 2.75) is 13.8 Å². The predicted molar refractivity (Wildman–Crippen MR) is 72.2 cm³/mol. The summed E-state index contributed by atoms with van der Waals surface area (Å²) >= 11 is 12.3. The summed E-state index contributed by atoms with van der Waals surface area (Å²) in [4.78, 5) is 11.1. The fourth-order valence-electron chi connectivity index (χ4n) is 2.03. The number of carboxylic acids is 1. The summed E-state index contributed by atoms with van der Waals surface area (Å²) in [6.07, 6.45) is 0. The highest BCUT2D eigenvalue weighted by molar-refractivity contribution is 6.37. The third kappa shape index (κ3) is 2.00. The zero-order valence-electron chi connectivity index (χ0n) is 9.87. The Morgan fingerprint density at radius 3 is 2.22 bits per heavy atom. The van der Waals surface area contributed by atoms with Crippen molar-refractivity contribution in [1.29, 1.82) is 0 Å². The number of nitrogens with zero attached hydrogens (tertiary/aromatic N) is 1. The molecule has 0 radical (unpaired) electrons. The first-order chi connectivity index (χ1) is 8.43. The Labute approximate surface area is 115 Å². The summed E-state index contributed by atoms with van der Waals surface area (Å²) in [5.41, 5.74) is 2.25. The van der Waals surface area contributed by atoms with Gasteiger partial charge in [-0.2, -0.15) is 0 Å². The fourth-order valence-corrected chi connectivity index (χ4v) is 2.59. The van der Waals surface area contributed by atoms with E-state index in [9.17, 15) is 4.79 Å². The Morgan fingerprint density at radius 2 is 1.78 bits per heavy atom. The van der Waals surface area contributed by atoms with Crippen LogP contribution >= 0.6 is 23.2 Å². The summed E-state index contributed by atoms with van der Waals surface area (Å²) < 4.78 is 1.76. The van der Waals surface area contributed by atoms with Crippen LogP contribution < -0.4 is 0 Å². The van der Waals surface area contributed by atoms with E-state index in [1.165, 1.54) is 0 Å². The van der Waals surface area contributed by atoms with Crippen molar-refractivity contribution in [2.24, 2.45) is 0 Å². The van der Waals surface area contributed by atoms with E-state index in [2.05, 4.69) is 0 Å². The van der Waals surface area contributed by atoms with Gasteiger partial charge in [0, 0.05) is 11.4 Å². The Hall–Kier alpha value is -1.45. The molecule has 18 heavy (non-hydrogen) atoms. The molecule has 0 aliphatic heterocycles. The minimum Gasteiger partial charge on any atom is -0.478 e. The number of para-hydroxylation sites is 1. The Morgan fingerprint density at radius 1 is 1.22 bits per heavy atom. The molecular formula is C13H11Cl2NO2. The van der Waals surface area contributed by atoms with Gasteiger partial charge in [0.25, 0.3) is 0 Å². The maximum Gasteiger partial charge on any atom is 0.337 e. The number of aromatic nitrogens is 1. The standard InChI is InChI=1S/C13H11Cl2NO2/c1-7-6-9(13(17)18)8(2)16(7)12-10(14)4-3-5-11(12)15/h3-6H,1-2H3,(H,17,18). The molecule has 0 amide bonds. The summed E-state index contributed by atoms with van der Waals surface area (Å²) in [6, 6.07) is 6.81. The molecule has 0 aliphatic rings. The Bertz CT molecular complexity index is 612. The van der Waals surface area contributed by atoms with Gasteiger partial charge in [0.1, 0.15) is 0 Å². The van der Waals surface area contributed by atoms with Crippen molar-refractivity contribution >= 4 is 29.2 Å². The number of hydrogen-bond donors (Lipinski definition) is 1. The first kappa shape index (κ1) is 13.0. The molecule has 0 spiro atoms. The van der Waals surface area contributed by atoms with Crippen molar-refractivity contribution in [3.8, 4) is 5.69 Å². The fraction of sp³-hybridized carbons (Fsp3) is 0.154. The number of aromatic carboxylic acids is 1. The maximum atomic E-state index is 11.1. The smallest absolute Gasteiger partial charge is 0.337 e. The van der Waals surface area contributed by atoms with Crippen LogP contribution in [0.25, 0.3) is 5.69 Å².